The Morgan fingerprint density at radius 1 is 1.12 bits per heavy atom. The summed E-state index contributed by atoms with van der Waals surface area (Å²) in [4.78, 5) is 14.5. The molecule has 1 aliphatic heterocycles. The summed E-state index contributed by atoms with van der Waals surface area (Å²) in [5, 5.41) is 9.37. The second kappa shape index (κ2) is 9.53. The first-order valence-corrected chi connectivity index (χ1v) is 10.9. The first-order valence-electron chi connectivity index (χ1n) is 10.0. The Morgan fingerprint density at radius 2 is 1.74 bits per heavy atom. The highest BCUT2D eigenvalue weighted by molar-refractivity contribution is 8.00. The summed E-state index contributed by atoms with van der Waals surface area (Å²) in [5.41, 5.74) is -5.56. The minimum Gasteiger partial charge on any atom is -0.497 e. The Balaban J connectivity index is 2.01. The molecule has 0 aliphatic carbocycles. The van der Waals surface area contributed by atoms with Crippen LogP contribution in [0, 0.1) is 0 Å². The zero-order chi connectivity index (χ0) is 25.3. The molecule has 1 heterocycles. The number of nitrogens with zero attached hydrogens (tertiary/aromatic N) is 1. The van der Waals surface area contributed by atoms with Crippen LogP contribution >= 0.6 is 11.8 Å². The number of thioether (sulfide) groups is 1. The maximum Gasteiger partial charge on any atom is 0.430 e. The van der Waals surface area contributed by atoms with Crippen LogP contribution in [0.25, 0.3) is 0 Å². The van der Waals surface area contributed by atoms with Gasteiger partial charge in [-0.25, -0.2) is 0 Å². The highest BCUT2D eigenvalue weighted by Gasteiger charge is 2.71. The molecule has 184 valence electrons. The second-order valence-corrected chi connectivity index (χ2v) is 8.88. The van der Waals surface area contributed by atoms with Gasteiger partial charge in [-0.1, -0.05) is 30.4 Å². The van der Waals surface area contributed by atoms with E-state index in [1.54, 1.807) is 43.3 Å². The van der Waals surface area contributed by atoms with Gasteiger partial charge in [0.2, 0.25) is 5.91 Å². The van der Waals surface area contributed by atoms with Gasteiger partial charge < -0.3 is 14.7 Å². The Bertz CT molecular complexity index is 1050. The van der Waals surface area contributed by atoms with Crippen LogP contribution in [0.4, 0.5) is 32.0 Å². The molecule has 0 saturated carbocycles. The van der Waals surface area contributed by atoms with Gasteiger partial charge in [-0.3, -0.25) is 4.79 Å². The van der Waals surface area contributed by atoms with Gasteiger partial charge in [-0.15, -0.1) is 11.8 Å². The van der Waals surface area contributed by atoms with Gasteiger partial charge in [0.25, 0.3) is 5.60 Å². The molecule has 0 fully saturated rings. The summed E-state index contributed by atoms with van der Waals surface area (Å²) < 4.78 is 85.2. The molecule has 0 bridgehead atoms. The van der Waals surface area contributed by atoms with Crippen molar-refractivity contribution in [2.24, 2.45) is 0 Å². The van der Waals surface area contributed by atoms with Crippen molar-refractivity contribution in [1.82, 2.24) is 0 Å². The van der Waals surface area contributed by atoms with E-state index in [0.29, 0.717) is 23.4 Å². The summed E-state index contributed by atoms with van der Waals surface area (Å²) in [6.07, 6.45) is -8.64. The number of benzene rings is 2. The van der Waals surface area contributed by atoms with Gasteiger partial charge in [0, 0.05) is 22.3 Å². The summed E-state index contributed by atoms with van der Waals surface area (Å²) >= 11 is 1.02. The van der Waals surface area contributed by atoms with E-state index in [9.17, 15) is 36.2 Å². The molecule has 0 spiro atoms. The largest absolute Gasteiger partial charge is 0.497 e. The number of anilines is 1. The number of halogens is 6. The zero-order valence-electron chi connectivity index (χ0n) is 18.1. The molecule has 1 unspecified atom stereocenters. The van der Waals surface area contributed by atoms with E-state index >= 15 is 0 Å². The van der Waals surface area contributed by atoms with Crippen molar-refractivity contribution in [3.05, 3.63) is 65.7 Å². The Labute approximate surface area is 196 Å². The minimum absolute atomic E-state index is 0.0295. The lowest BCUT2D eigenvalue weighted by molar-refractivity contribution is -0.376. The lowest BCUT2D eigenvalue weighted by atomic mass is 9.92. The first kappa shape index (κ1) is 26.0. The number of aliphatic hydroxyl groups is 1. The van der Waals surface area contributed by atoms with Crippen LogP contribution in [0.15, 0.2) is 59.5 Å². The van der Waals surface area contributed by atoms with Crippen molar-refractivity contribution in [2.45, 2.75) is 41.4 Å². The number of fused-ring (bicyclic) bond motifs is 1. The molecule has 0 radical (unpaired) electrons. The number of ether oxygens (including phenoxy) is 1. The van der Waals surface area contributed by atoms with E-state index < -0.39 is 28.8 Å². The topological polar surface area (TPSA) is 49.8 Å². The quantitative estimate of drug-likeness (QED) is 0.423. The van der Waals surface area contributed by atoms with Crippen molar-refractivity contribution in [3.8, 4) is 5.75 Å². The average molecular weight is 505 g/mol. The van der Waals surface area contributed by atoms with E-state index in [1.807, 2.05) is 0 Å². The molecular weight excluding hydrogens is 484 g/mol. The number of carbonyl (C=O) groups is 1. The average Bonchev–Trinajstić information content (AvgIpc) is 2.76. The van der Waals surface area contributed by atoms with E-state index in [2.05, 4.69) is 0 Å². The molecule has 2 aromatic rings. The number of amides is 1. The van der Waals surface area contributed by atoms with Crippen molar-refractivity contribution in [3.63, 3.8) is 0 Å². The fourth-order valence-corrected chi connectivity index (χ4v) is 4.87. The maximum absolute atomic E-state index is 13.4. The molecule has 1 aliphatic rings. The number of methoxy groups -OCH3 is 1. The third-order valence-electron chi connectivity index (χ3n) is 5.35. The van der Waals surface area contributed by atoms with Gasteiger partial charge in [-0.05, 0) is 36.8 Å². The van der Waals surface area contributed by atoms with Crippen LogP contribution in [-0.4, -0.2) is 42.3 Å². The predicted molar refractivity (Wildman–Crippen MR) is 116 cm³/mol. The van der Waals surface area contributed by atoms with Crippen LogP contribution in [-0.2, 0) is 16.8 Å². The van der Waals surface area contributed by atoms with E-state index in [-0.39, 0.29) is 29.5 Å². The Hall–Kier alpha value is -2.66. The second-order valence-electron chi connectivity index (χ2n) is 7.60. The van der Waals surface area contributed by atoms with Crippen LogP contribution in [0.2, 0.25) is 0 Å². The molecule has 0 saturated heterocycles. The van der Waals surface area contributed by atoms with Crippen LogP contribution in [0.1, 0.15) is 18.1 Å². The highest BCUT2D eigenvalue weighted by Crippen LogP contribution is 2.52. The standard InChI is InChI=1S/C23H21F6NO3S/c1-3-4-17-13-30(20(31)11-14-5-8-16(33-2)9-6-14)18-10-7-15(12-19(18)34-17)21(32,22(24,25)26)23(27,28)29/h3-10,12,17,32H,11,13H2,1-2H3/b4-3+. The lowest BCUT2D eigenvalue weighted by Crippen LogP contribution is -2.54. The van der Waals surface area contributed by atoms with Gasteiger partial charge in [-0.2, -0.15) is 26.3 Å². The maximum atomic E-state index is 13.4. The molecule has 34 heavy (non-hydrogen) atoms. The van der Waals surface area contributed by atoms with E-state index in [4.69, 9.17) is 4.74 Å². The van der Waals surface area contributed by atoms with Crippen LogP contribution in [0.3, 0.4) is 0 Å². The fraction of sp³-hybridized carbons (Fsp3) is 0.348. The molecule has 0 aromatic heterocycles. The van der Waals surface area contributed by atoms with E-state index in [0.717, 1.165) is 17.8 Å². The summed E-state index contributed by atoms with van der Waals surface area (Å²) in [7, 11) is 1.50. The predicted octanol–water partition coefficient (Wildman–Crippen LogP) is 5.63. The number of carbonyl (C=O) groups excluding carboxylic acids is 1. The third kappa shape index (κ3) is 4.90. The van der Waals surface area contributed by atoms with Gasteiger partial charge >= 0.3 is 12.4 Å². The molecule has 2 aromatic carbocycles. The minimum atomic E-state index is -5.99. The number of hydrogen-bond acceptors (Lipinski definition) is 4. The molecule has 11 heteroatoms. The number of allylic oxidation sites excluding steroid dienone is 1. The number of rotatable bonds is 5. The van der Waals surface area contributed by atoms with Crippen molar-refractivity contribution < 1.29 is 41.0 Å². The Morgan fingerprint density at radius 3 is 2.26 bits per heavy atom. The monoisotopic (exact) mass is 505 g/mol. The summed E-state index contributed by atoms with van der Waals surface area (Å²) in [6.45, 7) is 1.89. The molecule has 1 amide bonds. The van der Waals surface area contributed by atoms with E-state index in [1.165, 1.54) is 12.0 Å². The van der Waals surface area contributed by atoms with Crippen LogP contribution < -0.4 is 9.64 Å². The number of alkyl halides is 6. The van der Waals surface area contributed by atoms with Crippen molar-refractivity contribution >= 4 is 23.4 Å². The summed E-state index contributed by atoms with van der Waals surface area (Å²) in [5.74, 6) is 0.217. The Kier molecular flexibility index (Phi) is 7.28. The SMILES string of the molecule is C/C=C/C1CN(C(=O)Cc2ccc(OC)cc2)c2ccc(C(O)(C(F)(F)F)C(F)(F)F)cc2S1. The van der Waals surface area contributed by atoms with Gasteiger partial charge in [0.05, 0.1) is 19.2 Å². The molecular formula is C23H21F6NO3S. The molecule has 1 atom stereocenters. The van der Waals surface area contributed by atoms with Gasteiger partial charge in [0.1, 0.15) is 5.75 Å². The normalized spacial score (nSPS) is 17.1. The van der Waals surface area contributed by atoms with Crippen molar-refractivity contribution in [1.29, 1.82) is 0 Å². The summed E-state index contributed by atoms with van der Waals surface area (Å²) in [6, 6.07) is 8.96. The highest BCUT2D eigenvalue weighted by atomic mass is 32.2. The lowest BCUT2D eigenvalue weighted by Gasteiger charge is -2.36. The first-order chi connectivity index (χ1) is 15.8. The molecule has 1 N–H and O–H groups in total. The molecule has 3 rings (SSSR count). The molecule has 4 nitrogen and oxygen atoms in total. The fourth-order valence-electron chi connectivity index (χ4n) is 3.59. The zero-order valence-corrected chi connectivity index (χ0v) is 18.9. The van der Waals surface area contributed by atoms with Gasteiger partial charge in [0.15, 0.2) is 0 Å². The van der Waals surface area contributed by atoms with Crippen molar-refractivity contribution in [2.75, 3.05) is 18.6 Å². The smallest absolute Gasteiger partial charge is 0.430 e. The third-order valence-corrected chi connectivity index (χ3v) is 6.54. The van der Waals surface area contributed by atoms with Crippen LogP contribution in [0.5, 0.6) is 5.75 Å². The number of hydrogen-bond donors (Lipinski definition) is 1.